The molecule has 2 aromatic carbocycles. The number of hydrogen-bond acceptors (Lipinski definition) is 4. The van der Waals surface area contributed by atoms with E-state index >= 15 is 0 Å². The first-order chi connectivity index (χ1) is 14.4. The summed E-state index contributed by atoms with van der Waals surface area (Å²) in [5.41, 5.74) is -5.50. The van der Waals surface area contributed by atoms with E-state index in [1.807, 2.05) is 0 Å². The molecule has 166 valence electrons. The Hall–Kier alpha value is -3.02. The molecule has 3 rings (SSSR count). The summed E-state index contributed by atoms with van der Waals surface area (Å²) >= 11 is 0. The Balaban J connectivity index is 1.65. The highest BCUT2D eigenvalue weighted by atomic mass is 32.2. The third-order valence-corrected chi connectivity index (χ3v) is 6.24. The van der Waals surface area contributed by atoms with E-state index in [2.05, 4.69) is 0 Å². The van der Waals surface area contributed by atoms with E-state index in [1.54, 1.807) is 0 Å². The second-order valence-corrected chi connectivity index (χ2v) is 8.63. The van der Waals surface area contributed by atoms with Gasteiger partial charge in [0.15, 0.2) is 11.6 Å². The Kier molecular flexibility index (Phi) is 6.03. The molecule has 6 nitrogen and oxygen atoms in total. The molecule has 0 bridgehead atoms. The molecule has 12 heteroatoms. The number of halogens is 5. The van der Waals surface area contributed by atoms with Gasteiger partial charge in [0.25, 0.3) is 21.7 Å². The van der Waals surface area contributed by atoms with E-state index in [1.165, 1.54) is 9.80 Å². The van der Waals surface area contributed by atoms with Crippen LogP contribution in [0, 0.1) is 11.6 Å². The SMILES string of the molecule is O=C(c1ccc(S(=O)(=O)C(F)(F)F)cc1)N1CCN(C(=O)c2ccc(F)c(F)c2)CC1. The number of amides is 2. The van der Waals surface area contributed by atoms with Gasteiger partial charge in [-0.15, -0.1) is 0 Å². The number of piperazine rings is 1. The summed E-state index contributed by atoms with van der Waals surface area (Å²) in [4.78, 5) is 26.7. The molecule has 0 aliphatic carbocycles. The molecule has 2 amide bonds. The molecule has 0 aromatic heterocycles. The van der Waals surface area contributed by atoms with E-state index in [0.29, 0.717) is 12.1 Å². The van der Waals surface area contributed by atoms with Gasteiger partial charge in [0.1, 0.15) is 0 Å². The van der Waals surface area contributed by atoms with Crippen LogP contribution in [0.3, 0.4) is 0 Å². The van der Waals surface area contributed by atoms with Crippen molar-refractivity contribution in [2.45, 2.75) is 10.4 Å². The van der Waals surface area contributed by atoms with Gasteiger partial charge in [-0.25, -0.2) is 17.2 Å². The fraction of sp³-hybridized carbons (Fsp3) is 0.263. The molecule has 0 N–H and O–H groups in total. The van der Waals surface area contributed by atoms with Crippen molar-refractivity contribution in [2.24, 2.45) is 0 Å². The number of hydrogen-bond donors (Lipinski definition) is 0. The lowest BCUT2D eigenvalue weighted by Crippen LogP contribution is -2.50. The van der Waals surface area contributed by atoms with Gasteiger partial charge in [-0.1, -0.05) is 0 Å². The average molecular weight is 462 g/mol. The van der Waals surface area contributed by atoms with Gasteiger partial charge in [-0.2, -0.15) is 13.2 Å². The Morgan fingerprint density at radius 2 is 1.19 bits per heavy atom. The van der Waals surface area contributed by atoms with E-state index in [0.717, 1.165) is 30.3 Å². The zero-order valence-electron chi connectivity index (χ0n) is 15.7. The molecule has 2 aromatic rings. The summed E-state index contributed by atoms with van der Waals surface area (Å²) in [6, 6.07) is 6.16. The summed E-state index contributed by atoms with van der Waals surface area (Å²) in [6.45, 7) is 0.391. The number of rotatable bonds is 3. The largest absolute Gasteiger partial charge is 0.501 e. The molecule has 1 fully saturated rings. The quantitative estimate of drug-likeness (QED) is 0.658. The van der Waals surface area contributed by atoms with Crippen molar-refractivity contribution in [1.82, 2.24) is 9.80 Å². The van der Waals surface area contributed by atoms with Gasteiger partial charge in [0, 0.05) is 37.3 Å². The predicted molar refractivity (Wildman–Crippen MR) is 97.8 cm³/mol. The van der Waals surface area contributed by atoms with Crippen molar-refractivity contribution in [3.05, 3.63) is 65.2 Å². The molecule has 0 radical (unpaired) electrons. The van der Waals surface area contributed by atoms with Gasteiger partial charge >= 0.3 is 5.51 Å². The highest BCUT2D eigenvalue weighted by molar-refractivity contribution is 7.92. The number of benzene rings is 2. The van der Waals surface area contributed by atoms with Gasteiger partial charge in [-0.05, 0) is 42.5 Å². The van der Waals surface area contributed by atoms with Crippen molar-refractivity contribution in [1.29, 1.82) is 0 Å². The van der Waals surface area contributed by atoms with Gasteiger partial charge in [0.2, 0.25) is 0 Å². The molecule has 0 spiro atoms. The third kappa shape index (κ3) is 4.53. The highest BCUT2D eigenvalue weighted by Crippen LogP contribution is 2.30. The van der Waals surface area contributed by atoms with Crippen LogP contribution in [0.5, 0.6) is 0 Å². The lowest BCUT2D eigenvalue weighted by molar-refractivity contribution is -0.0436. The molecule has 1 aliphatic heterocycles. The minimum absolute atomic E-state index is 0.0125. The lowest BCUT2D eigenvalue weighted by atomic mass is 10.1. The van der Waals surface area contributed by atoms with Crippen molar-refractivity contribution in [3.63, 3.8) is 0 Å². The third-order valence-electron chi connectivity index (χ3n) is 4.74. The maximum atomic E-state index is 13.3. The molecule has 0 saturated carbocycles. The number of alkyl halides is 3. The van der Waals surface area contributed by atoms with Crippen LogP contribution in [0.25, 0.3) is 0 Å². The van der Waals surface area contributed by atoms with Crippen LogP contribution < -0.4 is 0 Å². The van der Waals surface area contributed by atoms with Crippen LogP contribution >= 0.6 is 0 Å². The monoisotopic (exact) mass is 462 g/mol. The minimum atomic E-state index is -5.51. The molecule has 0 unspecified atom stereocenters. The summed E-state index contributed by atoms with van der Waals surface area (Å²) in [5.74, 6) is -3.32. The summed E-state index contributed by atoms with van der Waals surface area (Å²) in [7, 11) is -5.51. The van der Waals surface area contributed by atoms with E-state index in [-0.39, 0.29) is 37.3 Å². The second kappa shape index (κ2) is 8.25. The first-order valence-electron chi connectivity index (χ1n) is 8.87. The fourth-order valence-electron chi connectivity index (χ4n) is 3.02. The van der Waals surface area contributed by atoms with Gasteiger partial charge in [-0.3, -0.25) is 9.59 Å². The molecular formula is C19H15F5N2O4S. The van der Waals surface area contributed by atoms with Crippen LogP contribution in [0.2, 0.25) is 0 Å². The first-order valence-corrected chi connectivity index (χ1v) is 10.3. The van der Waals surface area contributed by atoms with E-state index < -0.39 is 43.7 Å². The van der Waals surface area contributed by atoms with Crippen molar-refractivity contribution >= 4 is 21.7 Å². The fourth-order valence-corrected chi connectivity index (χ4v) is 3.78. The van der Waals surface area contributed by atoms with Crippen LogP contribution in [0.15, 0.2) is 47.4 Å². The van der Waals surface area contributed by atoms with Crippen molar-refractivity contribution in [3.8, 4) is 0 Å². The van der Waals surface area contributed by atoms with Crippen LogP contribution in [0.4, 0.5) is 22.0 Å². The summed E-state index contributed by atoms with van der Waals surface area (Å²) in [5, 5.41) is 0. The maximum absolute atomic E-state index is 13.3. The normalized spacial score (nSPS) is 15.1. The van der Waals surface area contributed by atoms with Gasteiger partial charge < -0.3 is 9.80 Å². The zero-order chi connectivity index (χ0) is 23.0. The summed E-state index contributed by atoms with van der Waals surface area (Å²) < 4.78 is 86.9. The van der Waals surface area contributed by atoms with Crippen LogP contribution in [0.1, 0.15) is 20.7 Å². The topological polar surface area (TPSA) is 74.8 Å². The average Bonchev–Trinajstić information content (AvgIpc) is 2.74. The van der Waals surface area contributed by atoms with Crippen LogP contribution in [-0.4, -0.2) is 61.7 Å². The Bertz CT molecular complexity index is 1110. The zero-order valence-corrected chi connectivity index (χ0v) is 16.5. The van der Waals surface area contributed by atoms with E-state index in [4.69, 9.17) is 0 Å². The molecule has 0 atom stereocenters. The smallest absolute Gasteiger partial charge is 0.335 e. The Morgan fingerprint density at radius 3 is 1.65 bits per heavy atom. The predicted octanol–water partition coefficient (Wildman–Crippen LogP) is 2.86. The first kappa shape index (κ1) is 22.7. The number of sulfone groups is 1. The van der Waals surface area contributed by atoms with Crippen LogP contribution in [-0.2, 0) is 9.84 Å². The molecule has 1 saturated heterocycles. The summed E-state index contributed by atoms with van der Waals surface area (Å²) in [6.07, 6.45) is 0. The maximum Gasteiger partial charge on any atom is 0.501 e. The molecule has 1 aliphatic rings. The number of carbonyl (C=O) groups excluding carboxylic acids is 2. The number of carbonyl (C=O) groups is 2. The second-order valence-electron chi connectivity index (χ2n) is 6.69. The minimum Gasteiger partial charge on any atom is -0.335 e. The number of nitrogens with zero attached hydrogens (tertiary/aromatic N) is 2. The molecule has 1 heterocycles. The molecule has 31 heavy (non-hydrogen) atoms. The molecular weight excluding hydrogens is 447 g/mol. The van der Waals surface area contributed by atoms with Crippen molar-refractivity contribution < 1.29 is 40.0 Å². The van der Waals surface area contributed by atoms with Gasteiger partial charge in [0.05, 0.1) is 4.90 Å². The standard InChI is InChI=1S/C19H15F5N2O4S/c20-15-6-3-13(11-16(15)21)18(28)26-9-7-25(8-10-26)17(27)12-1-4-14(5-2-12)31(29,30)19(22,23)24/h1-6,11H,7-10H2. The Morgan fingerprint density at radius 1 is 0.742 bits per heavy atom. The van der Waals surface area contributed by atoms with E-state index in [9.17, 15) is 40.0 Å². The lowest BCUT2D eigenvalue weighted by Gasteiger charge is -2.35. The highest BCUT2D eigenvalue weighted by Gasteiger charge is 2.46. The van der Waals surface area contributed by atoms with Crippen molar-refractivity contribution in [2.75, 3.05) is 26.2 Å². The Labute approximate surface area is 173 Å².